The minimum Gasteiger partial charge on any atom is -0.368 e. The number of rotatable bonds is 2. The van der Waals surface area contributed by atoms with Gasteiger partial charge in [-0.15, -0.1) is 0 Å². The molecule has 130 valence electrons. The van der Waals surface area contributed by atoms with Crippen molar-refractivity contribution in [2.45, 2.75) is 51.2 Å². The summed E-state index contributed by atoms with van der Waals surface area (Å²) in [6.45, 7) is 3.51. The van der Waals surface area contributed by atoms with Gasteiger partial charge in [-0.05, 0) is 32.1 Å². The van der Waals surface area contributed by atoms with Crippen molar-refractivity contribution in [3.05, 3.63) is 21.6 Å². The molecule has 0 bridgehead atoms. The fourth-order valence-electron chi connectivity index (χ4n) is 3.83. The third-order valence-electron chi connectivity index (χ3n) is 5.23. The smallest absolute Gasteiger partial charge is 0.257 e. The fourth-order valence-corrected chi connectivity index (χ4v) is 3.83. The van der Waals surface area contributed by atoms with Gasteiger partial charge in [-0.1, -0.05) is 0 Å². The molecule has 7 nitrogen and oxygen atoms in total. The summed E-state index contributed by atoms with van der Waals surface area (Å²) >= 11 is 0. The number of amides is 1. The highest BCUT2D eigenvalue weighted by atomic mass is 16.5. The Kier molecular flexibility index (Phi) is 4.26. The zero-order valence-electron chi connectivity index (χ0n) is 13.9. The van der Waals surface area contributed by atoms with Gasteiger partial charge in [-0.25, -0.2) is 4.98 Å². The molecule has 3 aliphatic heterocycles. The number of ether oxygens (including phenoxy) is 1. The maximum Gasteiger partial charge on any atom is 0.257 e. The summed E-state index contributed by atoms with van der Waals surface area (Å²) in [5, 5.41) is 0. The summed E-state index contributed by atoms with van der Waals surface area (Å²) in [5.74, 6) is 0.704. The lowest BCUT2D eigenvalue weighted by atomic mass is 10.1. The molecule has 0 aromatic carbocycles. The Hall–Kier alpha value is -1.89. The first-order valence-electron chi connectivity index (χ1n) is 9.00. The Morgan fingerprint density at radius 2 is 2.00 bits per heavy atom. The molecule has 1 aromatic rings. The lowest BCUT2D eigenvalue weighted by Gasteiger charge is -2.31. The largest absolute Gasteiger partial charge is 0.368 e. The number of nitrogens with zero attached hydrogens (tertiary/aromatic N) is 3. The van der Waals surface area contributed by atoms with Gasteiger partial charge in [0.25, 0.3) is 11.5 Å². The molecule has 0 radical (unpaired) electrons. The van der Waals surface area contributed by atoms with Crippen LogP contribution < -0.4 is 10.5 Å². The average molecular weight is 332 g/mol. The van der Waals surface area contributed by atoms with Crippen molar-refractivity contribution in [3.8, 4) is 0 Å². The van der Waals surface area contributed by atoms with E-state index in [0.717, 1.165) is 44.5 Å². The van der Waals surface area contributed by atoms with E-state index in [1.165, 1.54) is 6.42 Å². The molecule has 4 heterocycles. The molecular weight excluding hydrogens is 308 g/mol. The number of hydrogen-bond acceptors (Lipinski definition) is 5. The van der Waals surface area contributed by atoms with Crippen LogP contribution >= 0.6 is 0 Å². The molecule has 0 aliphatic carbocycles. The van der Waals surface area contributed by atoms with E-state index in [0.29, 0.717) is 37.6 Å². The highest BCUT2D eigenvalue weighted by molar-refractivity contribution is 5.81. The molecule has 3 aliphatic rings. The predicted molar refractivity (Wildman–Crippen MR) is 89.0 cm³/mol. The number of carbonyl (C=O) groups is 1. The van der Waals surface area contributed by atoms with Crippen molar-refractivity contribution in [1.82, 2.24) is 14.9 Å². The predicted octanol–water partition coefficient (Wildman–Crippen LogP) is 0.824. The Bertz CT molecular complexity index is 675. The second kappa shape index (κ2) is 6.55. The van der Waals surface area contributed by atoms with Crippen molar-refractivity contribution >= 4 is 11.9 Å². The molecule has 1 atom stereocenters. The van der Waals surface area contributed by atoms with Crippen LogP contribution in [0.25, 0.3) is 0 Å². The van der Waals surface area contributed by atoms with Crippen LogP contribution in [0.4, 0.5) is 5.95 Å². The molecule has 1 amide bonds. The Labute approximate surface area is 141 Å². The van der Waals surface area contributed by atoms with Crippen LogP contribution in [0.5, 0.6) is 0 Å². The van der Waals surface area contributed by atoms with Gasteiger partial charge < -0.3 is 14.5 Å². The first-order chi connectivity index (χ1) is 11.7. The standard InChI is InChI=1S/C17H24N4O3/c22-15-12-11-21(16(23)14-5-4-10-24-14)9-6-13(12)18-17(19-15)20-7-2-1-3-8-20/h14H,1-11H2,(H,18,19,22)/t14-/m1/s1. The van der Waals surface area contributed by atoms with Gasteiger partial charge in [0.05, 0.1) is 17.8 Å². The topological polar surface area (TPSA) is 78.5 Å². The number of H-pyrrole nitrogens is 1. The monoisotopic (exact) mass is 332 g/mol. The highest BCUT2D eigenvalue weighted by Crippen LogP contribution is 2.21. The SMILES string of the molecule is O=C([C@H]1CCCO1)N1CCc2nc(N3CCCCC3)[nH]c(=O)c2C1. The van der Waals surface area contributed by atoms with Crippen LogP contribution in [0.15, 0.2) is 4.79 Å². The third-order valence-corrected chi connectivity index (χ3v) is 5.23. The molecule has 2 fully saturated rings. The number of carbonyl (C=O) groups excluding carboxylic acids is 1. The molecule has 4 rings (SSSR count). The summed E-state index contributed by atoms with van der Waals surface area (Å²) in [4.78, 5) is 36.5. The summed E-state index contributed by atoms with van der Waals surface area (Å²) in [7, 11) is 0. The second-order valence-electron chi connectivity index (χ2n) is 6.87. The second-order valence-corrected chi connectivity index (χ2v) is 6.87. The van der Waals surface area contributed by atoms with Crippen molar-refractivity contribution in [2.75, 3.05) is 31.1 Å². The quantitative estimate of drug-likeness (QED) is 0.868. The number of nitrogens with one attached hydrogen (secondary N) is 1. The van der Waals surface area contributed by atoms with Gasteiger partial charge in [-0.3, -0.25) is 14.6 Å². The van der Waals surface area contributed by atoms with Gasteiger partial charge in [0.1, 0.15) is 6.10 Å². The lowest BCUT2D eigenvalue weighted by Crippen LogP contribution is -2.44. The van der Waals surface area contributed by atoms with E-state index in [2.05, 4.69) is 9.88 Å². The van der Waals surface area contributed by atoms with E-state index >= 15 is 0 Å². The van der Waals surface area contributed by atoms with E-state index in [1.54, 1.807) is 4.90 Å². The molecule has 0 saturated carbocycles. The van der Waals surface area contributed by atoms with E-state index in [4.69, 9.17) is 9.72 Å². The van der Waals surface area contributed by atoms with Crippen molar-refractivity contribution in [1.29, 1.82) is 0 Å². The molecule has 0 unspecified atom stereocenters. The number of fused-ring (bicyclic) bond motifs is 1. The Morgan fingerprint density at radius 3 is 2.75 bits per heavy atom. The van der Waals surface area contributed by atoms with Crippen molar-refractivity contribution < 1.29 is 9.53 Å². The zero-order chi connectivity index (χ0) is 16.5. The number of piperidine rings is 1. The summed E-state index contributed by atoms with van der Waals surface area (Å²) < 4.78 is 5.49. The number of aromatic amines is 1. The molecular formula is C17H24N4O3. The van der Waals surface area contributed by atoms with E-state index in [1.807, 2.05) is 0 Å². The van der Waals surface area contributed by atoms with Gasteiger partial charge in [0, 0.05) is 32.7 Å². The maximum atomic E-state index is 12.5. The summed E-state index contributed by atoms with van der Waals surface area (Å²) in [5.41, 5.74) is 1.37. The zero-order valence-corrected chi connectivity index (χ0v) is 13.9. The van der Waals surface area contributed by atoms with Crippen LogP contribution in [0.3, 0.4) is 0 Å². The third kappa shape index (κ3) is 2.92. The molecule has 24 heavy (non-hydrogen) atoms. The number of aromatic nitrogens is 2. The van der Waals surface area contributed by atoms with Gasteiger partial charge in [0.2, 0.25) is 5.95 Å². The normalized spacial score (nSPS) is 24.1. The van der Waals surface area contributed by atoms with E-state index in [-0.39, 0.29) is 17.6 Å². The first-order valence-corrected chi connectivity index (χ1v) is 9.00. The van der Waals surface area contributed by atoms with Crippen molar-refractivity contribution in [2.24, 2.45) is 0 Å². The van der Waals surface area contributed by atoms with Crippen LogP contribution in [0.1, 0.15) is 43.4 Å². The Morgan fingerprint density at radius 1 is 1.17 bits per heavy atom. The van der Waals surface area contributed by atoms with Gasteiger partial charge >= 0.3 is 0 Å². The van der Waals surface area contributed by atoms with Crippen LogP contribution in [-0.2, 0) is 22.5 Å². The molecule has 2 saturated heterocycles. The lowest BCUT2D eigenvalue weighted by molar-refractivity contribution is -0.141. The van der Waals surface area contributed by atoms with Gasteiger partial charge in [-0.2, -0.15) is 0 Å². The van der Waals surface area contributed by atoms with Crippen LogP contribution in [-0.4, -0.2) is 53.1 Å². The first kappa shape index (κ1) is 15.6. The average Bonchev–Trinajstić information content (AvgIpc) is 3.16. The summed E-state index contributed by atoms with van der Waals surface area (Å²) in [6, 6.07) is 0. The van der Waals surface area contributed by atoms with Crippen LogP contribution in [0.2, 0.25) is 0 Å². The van der Waals surface area contributed by atoms with E-state index in [9.17, 15) is 9.59 Å². The van der Waals surface area contributed by atoms with Crippen LogP contribution in [0, 0.1) is 0 Å². The minimum atomic E-state index is -0.328. The minimum absolute atomic E-state index is 0.0117. The number of hydrogen-bond donors (Lipinski definition) is 1. The maximum absolute atomic E-state index is 12.5. The van der Waals surface area contributed by atoms with Gasteiger partial charge in [0.15, 0.2) is 0 Å². The summed E-state index contributed by atoms with van der Waals surface area (Å²) in [6.07, 6.45) is 5.55. The number of anilines is 1. The molecule has 1 aromatic heterocycles. The highest BCUT2D eigenvalue weighted by Gasteiger charge is 2.32. The Balaban J connectivity index is 1.53. The molecule has 1 N–H and O–H groups in total. The van der Waals surface area contributed by atoms with Crippen molar-refractivity contribution in [3.63, 3.8) is 0 Å². The molecule has 0 spiro atoms. The fraction of sp³-hybridized carbons (Fsp3) is 0.706. The van der Waals surface area contributed by atoms with E-state index < -0.39 is 0 Å². The molecule has 7 heteroatoms.